The van der Waals surface area contributed by atoms with Gasteiger partial charge in [0, 0.05) is 25.2 Å². The minimum atomic E-state index is -3.60. The largest absolute Gasteiger partial charge is 0.297 e. The lowest BCUT2D eigenvalue weighted by Crippen LogP contribution is -2.56. The van der Waals surface area contributed by atoms with Crippen LogP contribution in [0.3, 0.4) is 0 Å². The SMILES string of the molecule is C[C@H]1CN2CCC[C@H]2CN1S(=O)(=O)c1ccc(Cl)c(C#N)c1. The Bertz CT molecular complexity index is 729. The summed E-state index contributed by atoms with van der Waals surface area (Å²) < 4.78 is 27.4. The van der Waals surface area contributed by atoms with E-state index in [1.54, 1.807) is 4.31 Å². The number of fused-ring (bicyclic) bond motifs is 1. The van der Waals surface area contributed by atoms with E-state index in [4.69, 9.17) is 16.9 Å². The summed E-state index contributed by atoms with van der Waals surface area (Å²) in [7, 11) is -3.60. The van der Waals surface area contributed by atoms with Crippen molar-refractivity contribution in [1.29, 1.82) is 5.26 Å². The van der Waals surface area contributed by atoms with E-state index in [0.717, 1.165) is 25.9 Å². The highest BCUT2D eigenvalue weighted by Gasteiger charge is 2.40. The maximum absolute atomic E-state index is 12.9. The number of nitrogens with zero attached hydrogens (tertiary/aromatic N) is 3. The van der Waals surface area contributed by atoms with Crippen LogP contribution in [0.5, 0.6) is 0 Å². The summed E-state index contributed by atoms with van der Waals surface area (Å²) in [5.41, 5.74) is 0.190. The first-order valence-corrected chi connectivity index (χ1v) is 9.21. The van der Waals surface area contributed by atoms with Gasteiger partial charge in [0.15, 0.2) is 0 Å². The fourth-order valence-electron chi connectivity index (χ4n) is 3.38. The average molecular weight is 340 g/mol. The third-order valence-electron chi connectivity index (χ3n) is 4.54. The molecule has 2 atom stereocenters. The maximum atomic E-state index is 12.9. The average Bonchev–Trinajstić information content (AvgIpc) is 2.93. The zero-order valence-electron chi connectivity index (χ0n) is 12.4. The highest BCUT2D eigenvalue weighted by Crippen LogP contribution is 2.30. The van der Waals surface area contributed by atoms with Crippen LogP contribution >= 0.6 is 11.6 Å². The molecule has 1 aromatic rings. The lowest BCUT2D eigenvalue weighted by molar-refractivity contribution is 0.117. The van der Waals surface area contributed by atoms with Gasteiger partial charge in [-0.3, -0.25) is 4.90 Å². The number of rotatable bonds is 2. The minimum Gasteiger partial charge on any atom is -0.297 e. The molecular weight excluding hydrogens is 322 g/mol. The fourth-order valence-corrected chi connectivity index (χ4v) is 5.23. The number of halogens is 1. The molecule has 0 saturated carbocycles. The fraction of sp³-hybridized carbons (Fsp3) is 0.533. The van der Waals surface area contributed by atoms with Gasteiger partial charge in [-0.05, 0) is 44.5 Å². The second-order valence-corrected chi connectivity index (χ2v) is 8.27. The molecule has 0 spiro atoms. The smallest absolute Gasteiger partial charge is 0.243 e. The summed E-state index contributed by atoms with van der Waals surface area (Å²) in [4.78, 5) is 2.52. The van der Waals surface area contributed by atoms with Crippen molar-refractivity contribution in [3.05, 3.63) is 28.8 Å². The van der Waals surface area contributed by atoms with E-state index in [9.17, 15) is 8.42 Å². The number of nitriles is 1. The van der Waals surface area contributed by atoms with E-state index < -0.39 is 10.0 Å². The number of piperazine rings is 1. The Morgan fingerprint density at radius 3 is 2.86 bits per heavy atom. The Morgan fingerprint density at radius 2 is 2.14 bits per heavy atom. The standard InChI is InChI=1S/C15H18ClN3O2S/c1-11-9-18-6-2-3-13(18)10-19(11)22(20,21)14-4-5-15(16)12(7-14)8-17/h4-5,7,11,13H,2-3,6,9-10H2,1H3/t11-,13-/m0/s1. The van der Waals surface area contributed by atoms with Crippen LogP contribution in [0.4, 0.5) is 0 Å². The molecule has 2 heterocycles. The number of benzene rings is 1. The van der Waals surface area contributed by atoms with Gasteiger partial charge in [0.05, 0.1) is 15.5 Å². The van der Waals surface area contributed by atoms with Crippen LogP contribution in [0, 0.1) is 11.3 Å². The Kier molecular flexibility index (Phi) is 4.17. The number of hydrogen-bond acceptors (Lipinski definition) is 4. The van der Waals surface area contributed by atoms with Gasteiger partial charge < -0.3 is 0 Å². The highest BCUT2D eigenvalue weighted by molar-refractivity contribution is 7.89. The summed E-state index contributed by atoms with van der Waals surface area (Å²) in [5.74, 6) is 0. The molecule has 5 nitrogen and oxygen atoms in total. The lowest BCUT2D eigenvalue weighted by atomic mass is 10.1. The number of hydrogen-bond donors (Lipinski definition) is 0. The third kappa shape index (κ3) is 2.63. The first-order chi connectivity index (χ1) is 10.4. The van der Waals surface area contributed by atoms with E-state index in [1.807, 2.05) is 13.0 Å². The van der Waals surface area contributed by atoms with Crippen molar-refractivity contribution in [2.75, 3.05) is 19.6 Å². The molecule has 0 N–H and O–H groups in total. The molecule has 0 radical (unpaired) electrons. The Morgan fingerprint density at radius 1 is 1.36 bits per heavy atom. The molecule has 0 amide bonds. The van der Waals surface area contributed by atoms with Crippen molar-refractivity contribution in [2.24, 2.45) is 0 Å². The van der Waals surface area contributed by atoms with Gasteiger partial charge in [-0.15, -0.1) is 0 Å². The normalized spacial score (nSPS) is 26.6. The molecule has 0 aromatic heterocycles. The molecule has 0 unspecified atom stereocenters. The van der Waals surface area contributed by atoms with Crippen LogP contribution in [-0.4, -0.2) is 49.3 Å². The van der Waals surface area contributed by atoms with Crippen LogP contribution in [0.25, 0.3) is 0 Å². The van der Waals surface area contributed by atoms with Gasteiger partial charge in [-0.25, -0.2) is 8.42 Å². The van der Waals surface area contributed by atoms with Crippen LogP contribution in [0.15, 0.2) is 23.1 Å². The van der Waals surface area contributed by atoms with Crippen molar-refractivity contribution >= 4 is 21.6 Å². The van der Waals surface area contributed by atoms with E-state index in [1.165, 1.54) is 18.2 Å². The van der Waals surface area contributed by atoms with Gasteiger partial charge in [0.1, 0.15) is 6.07 Å². The third-order valence-corrected chi connectivity index (χ3v) is 6.85. The molecule has 3 rings (SSSR count). The Hall–Kier alpha value is -1.13. The van der Waals surface area contributed by atoms with Gasteiger partial charge in [-0.2, -0.15) is 9.57 Å². The van der Waals surface area contributed by atoms with E-state index >= 15 is 0 Å². The second-order valence-electron chi connectivity index (χ2n) is 5.97. The molecule has 0 bridgehead atoms. The molecule has 2 aliphatic heterocycles. The predicted octanol–water partition coefficient (Wildman–Crippen LogP) is 2.07. The molecule has 2 saturated heterocycles. The monoisotopic (exact) mass is 339 g/mol. The summed E-state index contributed by atoms with van der Waals surface area (Å²) >= 11 is 5.90. The van der Waals surface area contributed by atoms with Crippen molar-refractivity contribution in [1.82, 2.24) is 9.21 Å². The second kappa shape index (κ2) is 5.82. The Balaban J connectivity index is 1.94. The molecule has 2 aliphatic rings. The van der Waals surface area contributed by atoms with Crippen LogP contribution < -0.4 is 0 Å². The van der Waals surface area contributed by atoms with Gasteiger partial charge in [0.2, 0.25) is 10.0 Å². The van der Waals surface area contributed by atoms with Crippen molar-refractivity contribution < 1.29 is 8.42 Å². The molecule has 7 heteroatoms. The summed E-state index contributed by atoms with van der Waals surface area (Å²) in [6.45, 7) is 4.28. The topological polar surface area (TPSA) is 64.4 Å². The Labute approximate surface area is 136 Å². The first-order valence-electron chi connectivity index (χ1n) is 7.39. The quantitative estimate of drug-likeness (QED) is 0.827. The maximum Gasteiger partial charge on any atom is 0.243 e. The van der Waals surface area contributed by atoms with E-state index in [2.05, 4.69) is 4.90 Å². The van der Waals surface area contributed by atoms with Crippen LogP contribution in [0.1, 0.15) is 25.3 Å². The van der Waals surface area contributed by atoms with Gasteiger partial charge in [0.25, 0.3) is 0 Å². The first kappa shape index (κ1) is 15.8. The molecule has 22 heavy (non-hydrogen) atoms. The molecular formula is C15H18ClN3O2S. The molecule has 1 aromatic carbocycles. The number of sulfonamides is 1. The molecule has 118 valence electrons. The van der Waals surface area contributed by atoms with Crippen molar-refractivity contribution in [3.63, 3.8) is 0 Å². The summed E-state index contributed by atoms with van der Waals surface area (Å²) in [6, 6.07) is 6.50. The zero-order valence-corrected chi connectivity index (χ0v) is 13.9. The molecule has 0 aliphatic carbocycles. The predicted molar refractivity (Wildman–Crippen MR) is 84.1 cm³/mol. The summed E-state index contributed by atoms with van der Waals surface area (Å²) in [6.07, 6.45) is 2.17. The zero-order chi connectivity index (χ0) is 15.9. The molecule has 2 fully saturated rings. The van der Waals surface area contributed by atoms with E-state index in [0.29, 0.717) is 12.6 Å². The highest BCUT2D eigenvalue weighted by atomic mass is 35.5. The van der Waals surface area contributed by atoms with Crippen LogP contribution in [0.2, 0.25) is 5.02 Å². The van der Waals surface area contributed by atoms with Gasteiger partial charge in [-0.1, -0.05) is 11.6 Å². The lowest BCUT2D eigenvalue weighted by Gasteiger charge is -2.41. The summed E-state index contributed by atoms with van der Waals surface area (Å²) in [5, 5.41) is 9.32. The minimum absolute atomic E-state index is 0.0689. The van der Waals surface area contributed by atoms with Crippen molar-refractivity contribution in [3.8, 4) is 6.07 Å². The van der Waals surface area contributed by atoms with Gasteiger partial charge >= 0.3 is 0 Å². The van der Waals surface area contributed by atoms with Crippen molar-refractivity contribution in [2.45, 2.75) is 36.7 Å². The van der Waals surface area contributed by atoms with Crippen LogP contribution in [-0.2, 0) is 10.0 Å². The van der Waals surface area contributed by atoms with E-state index in [-0.39, 0.29) is 21.5 Å².